The van der Waals surface area contributed by atoms with Gasteiger partial charge in [0.2, 0.25) is 6.79 Å². The number of hydrogen-bond donors (Lipinski definition) is 1. The molecule has 3 heterocycles. The molecule has 4 rings (SSSR count). The van der Waals surface area contributed by atoms with Crippen molar-refractivity contribution in [1.82, 2.24) is 14.8 Å². The van der Waals surface area contributed by atoms with E-state index in [0.717, 1.165) is 41.7 Å². The van der Waals surface area contributed by atoms with Crippen molar-refractivity contribution < 1.29 is 9.47 Å². The maximum absolute atomic E-state index is 6.09. The minimum absolute atomic E-state index is 0.147. The summed E-state index contributed by atoms with van der Waals surface area (Å²) >= 11 is 0. The third kappa shape index (κ3) is 1.76. The van der Waals surface area contributed by atoms with E-state index in [2.05, 4.69) is 17.0 Å². The summed E-state index contributed by atoms with van der Waals surface area (Å²) in [6.07, 6.45) is 0.874. The molecule has 0 saturated heterocycles. The number of nitrogens with two attached hydrogens (primary N) is 1. The molecule has 0 aliphatic carbocycles. The van der Waals surface area contributed by atoms with E-state index in [9.17, 15) is 0 Å². The summed E-state index contributed by atoms with van der Waals surface area (Å²) in [6.45, 7) is 3.16. The lowest BCUT2D eigenvalue weighted by molar-refractivity contribution is 0.174. The van der Waals surface area contributed by atoms with Crippen LogP contribution in [0.4, 0.5) is 0 Å². The van der Waals surface area contributed by atoms with Crippen molar-refractivity contribution >= 4 is 0 Å². The van der Waals surface area contributed by atoms with Gasteiger partial charge in [0.05, 0.1) is 6.54 Å². The summed E-state index contributed by atoms with van der Waals surface area (Å²) in [5.41, 5.74) is 7.03. The minimum Gasteiger partial charge on any atom is -0.454 e. The van der Waals surface area contributed by atoms with Gasteiger partial charge in [-0.3, -0.25) is 0 Å². The number of nitrogens with zero attached hydrogens (tertiary/aromatic N) is 3. The average molecular weight is 272 g/mol. The molecule has 2 N–H and O–H groups in total. The van der Waals surface area contributed by atoms with Gasteiger partial charge in [-0.05, 0) is 24.1 Å². The smallest absolute Gasteiger partial charge is 0.231 e. The Balaban J connectivity index is 1.71. The first-order valence-electron chi connectivity index (χ1n) is 6.80. The molecule has 0 amide bonds. The van der Waals surface area contributed by atoms with Gasteiger partial charge in [-0.2, -0.15) is 5.10 Å². The molecule has 0 bridgehead atoms. The molecule has 20 heavy (non-hydrogen) atoms. The summed E-state index contributed by atoms with van der Waals surface area (Å²) < 4.78 is 12.6. The standard InChI is InChI=1S/C14H16N4O2/c1-8-4-13-16-14(17-18(13)6-10(8)15)9-2-3-11-12(5-9)20-7-19-11/h2-3,5,8,10H,4,6-7,15H2,1H3. The number of rotatable bonds is 1. The van der Waals surface area contributed by atoms with Crippen LogP contribution in [-0.4, -0.2) is 27.6 Å². The van der Waals surface area contributed by atoms with Gasteiger partial charge in [-0.25, -0.2) is 9.67 Å². The molecule has 2 aliphatic rings. The van der Waals surface area contributed by atoms with Gasteiger partial charge in [0.25, 0.3) is 0 Å². The Kier molecular flexibility index (Phi) is 2.47. The Morgan fingerprint density at radius 2 is 2.15 bits per heavy atom. The van der Waals surface area contributed by atoms with E-state index in [0.29, 0.717) is 5.92 Å². The van der Waals surface area contributed by atoms with Crippen LogP contribution in [0.2, 0.25) is 0 Å². The fourth-order valence-corrected chi connectivity index (χ4v) is 2.65. The molecule has 104 valence electrons. The predicted molar refractivity (Wildman–Crippen MR) is 72.4 cm³/mol. The van der Waals surface area contributed by atoms with E-state index in [1.807, 2.05) is 22.9 Å². The van der Waals surface area contributed by atoms with Crippen LogP contribution >= 0.6 is 0 Å². The van der Waals surface area contributed by atoms with Gasteiger partial charge in [0.1, 0.15) is 5.82 Å². The molecule has 1 aromatic carbocycles. The van der Waals surface area contributed by atoms with E-state index < -0.39 is 0 Å². The second-order valence-electron chi connectivity index (χ2n) is 5.45. The first kappa shape index (κ1) is 11.7. The summed E-state index contributed by atoms with van der Waals surface area (Å²) in [7, 11) is 0. The average Bonchev–Trinajstić information content (AvgIpc) is 3.04. The molecule has 6 heteroatoms. The van der Waals surface area contributed by atoms with Crippen molar-refractivity contribution in [3.63, 3.8) is 0 Å². The second-order valence-corrected chi connectivity index (χ2v) is 5.45. The predicted octanol–water partition coefficient (Wildman–Crippen LogP) is 1.19. The fourth-order valence-electron chi connectivity index (χ4n) is 2.65. The van der Waals surface area contributed by atoms with E-state index in [1.54, 1.807) is 0 Å². The highest BCUT2D eigenvalue weighted by molar-refractivity contribution is 5.61. The van der Waals surface area contributed by atoms with E-state index in [4.69, 9.17) is 15.2 Å². The highest BCUT2D eigenvalue weighted by Crippen LogP contribution is 2.35. The van der Waals surface area contributed by atoms with E-state index in [-0.39, 0.29) is 12.8 Å². The van der Waals surface area contributed by atoms with Gasteiger partial charge in [-0.15, -0.1) is 0 Å². The molecule has 0 saturated carbocycles. The van der Waals surface area contributed by atoms with Gasteiger partial charge < -0.3 is 15.2 Å². The highest BCUT2D eigenvalue weighted by Gasteiger charge is 2.25. The number of fused-ring (bicyclic) bond motifs is 2. The van der Waals surface area contributed by atoms with Gasteiger partial charge in [0.15, 0.2) is 17.3 Å². The van der Waals surface area contributed by atoms with Crippen LogP contribution in [0.15, 0.2) is 18.2 Å². The lowest BCUT2D eigenvalue weighted by Gasteiger charge is -2.25. The van der Waals surface area contributed by atoms with Crippen LogP contribution in [-0.2, 0) is 13.0 Å². The molecule has 0 fully saturated rings. The molecule has 2 unspecified atom stereocenters. The molecule has 2 aromatic rings. The summed E-state index contributed by atoms with van der Waals surface area (Å²) in [5.74, 6) is 3.69. The number of hydrogen-bond acceptors (Lipinski definition) is 5. The normalized spacial score (nSPS) is 23.7. The molecule has 2 atom stereocenters. The third-order valence-electron chi connectivity index (χ3n) is 4.00. The van der Waals surface area contributed by atoms with Crippen molar-refractivity contribution in [2.24, 2.45) is 11.7 Å². The van der Waals surface area contributed by atoms with E-state index in [1.165, 1.54) is 0 Å². The fraction of sp³-hybridized carbons (Fsp3) is 0.429. The quantitative estimate of drug-likeness (QED) is 0.844. The molecule has 2 aliphatic heterocycles. The molecule has 1 aromatic heterocycles. The summed E-state index contributed by atoms with van der Waals surface area (Å²) in [5, 5.41) is 4.56. The topological polar surface area (TPSA) is 75.2 Å². The minimum atomic E-state index is 0.147. The van der Waals surface area contributed by atoms with Gasteiger partial charge >= 0.3 is 0 Å². The van der Waals surface area contributed by atoms with Crippen LogP contribution in [0, 0.1) is 5.92 Å². The molecular formula is C14H16N4O2. The Bertz CT molecular complexity index is 640. The lowest BCUT2D eigenvalue weighted by atomic mass is 9.96. The van der Waals surface area contributed by atoms with Crippen molar-refractivity contribution in [1.29, 1.82) is 0 Å². The van der Waals surface area contributed by atoms with Gasteiger partial charge in [0, 0.05) is 18.0 Å². The molecular weight excluding hydrogens is 256 g/mol. The van der Waals surface area contributed by atoms with Crippen LogP contribution in [0.25, 0.3) is 11.4 Å². The lowest BCUT2D eigenvalue weighted by Crippen LogP contribution is -2.39. The second kappa shape index (κ2) is 4.21. The Morgan fingerprint density at radius 3 is 3.05 bits per heavy atom. The third-order valence-corrected chi connectivity index (χ3v) is 4.00. The SMILES string of the molecule is CC1Cc2nc(-c3ccc4c(c3)OCO4)nn2CC1N. The maximum atomic E-state index is 6.09. The number of benzene rings is 1. The largest absolute Gasteiger partial charge is 0.454 e. The maximum Gasteiger partial charge on any atom is 0.231 e. The first-order valence-corrected chi connectivity index (χ1v) is 6.80. The molecule has 0 radical (unpaired) electrons. The molecule has 0 spiro atoms. The number of aromatic nitrogens is 3. The van der Waals surface area contributed by atoms with Crippen LogP contribution in [0.3, 0.4) is 0 Å². The number of ether oxygens (including phenoxy) is 2. The first-order chi connectivity index (χ1) is 9.70. The van der Waals surface area contributed by atoms with Crippen molar-refractivity contribution in [3.05, 3.63) is 24.0 Å². The zero-order valence-electron chi connectivity index (χ0n) is 11.2. The molecule has 6 nitrogen and oxygen atoms in total. The Morgan fingerprint density at radius 1 is 1.30 bits per heavy atom. The summed E-state index contributed by atoms with van der Waals surface area (Å²) in [6, 6.07) is 5.92. The zero-order chi connectivity index (χ0) is 13.7. The van der Waals surface area contributed by atoms with Crippen molar-refractivity contribution in [2.75, 3.05) is 6.79 Å². The van der Waals surface area contributed by atoms with Crippen LogP contribution < -0.4 is 15.2 Å². The Hall–Kier alpha value is -2.08. The van der Waals surface area contributed by atoms with Crippen LogP contribution in [0.5, 0.6) is 11.5 Å². The monoisotopic (exact) mass is 272 g/mol. The van der Waals surface area contributed by atoms with Crippen molar-refractivity contribution in [2.45, 2.75) is 25.9 Å². The highest BCUT2D eigenvalue weighted by atomic mass is 16.7. The zero-order valence-corrected chi connectivity index (χ0v) is 11.2. The van der Waals surface area contributed by atoms with E-state index >= 15 is 0 Å². The van der Waals surface area contributed by atoms with Crippen LogP contribution in [0.1, 0.15) is 12.7 Å². The Labute approximate surface area is 116 Å². The van der Waals surface area contributed by atoms with Gasteiger partial charge in [-0.1, -0.05) is 6.92 Å². The van der Waals surface area contributed by atoms with Crippen molar-refractivity contribution in [3.8, 4) is 22.9 Å². The summed E-state index contributed by atoms with van der Waals surface area (Å²) in [4.78, 5) is 4.63.